The quantitative estimate of drug-likeness (QED) is 0.182. The summed E-state index contributed by atoms with van der Waals surface area (Å²) in [5.74, 6) is 0.636. The Balaban J connectivity index is 1.14. The molecule has 0 unspecified atom stereocenters. The van der Waals surface area contributed by atoms with Gasteiger partial charge in [0.2, 0.25) is 5.95 Å². The third kappa shape index (κ3) is 4.51. The van der Waals surface area contributed by atoms with Crippen molar-refractivity contribution in [1.29, 1.82) is 0 Å². The maximum absolute atomic E-state index is 7.00. The molecule has 12 aromatic rings. The minimum absolute atomic E-state index is 0.636. The van der Waals surface area contributed by atoms with E-state index in [-0.39, 0.29) is 0 Å². The van der Waals surface area contributed by atoms with Gasteiger partial charge in [-0.15, -0.1) is 11.3 Å². The highest BCUT2D eigenvalue weighted by molar-refractivity contribution is 7.26. The minimum atomic E-state index is 0.636. The van der Waals surface area contributed by atoms with Crippen molar-refractivity contribution in [3.05, 3.63) is 176 Å². The summed E-state index contributed by atoms with van der Waals surface area (Å²) in [5, 5.41) is 7.91. The van der Waals surface area contributed by atoms with Crippen molar-refractivity contribution >= 4 is 86.2 Å². The van der Waals surface area contributed by atoms with Crippen molar-refractivity contribution in [2.45, 2.75) is 0 Å². The Morgan fingerprint density at radius 2 is 1.09 bits per heavy atom. The first-order valence-electron chi connectivity index (χ1n) is 18.5. The predicted molar refractivity (Wildman–Crippen MR) is 230 cm³/mol. The van der Waals surface area contributed by atoms with E-state index in [1.807, 2.05) is 0 Å². The molecular weight excluding hydrogens is 691 g/mol. The summed E-state index contributed by atoms with van der Waals surface area (Å²) in [6.07, 6.45) is 0. The molecule has 55 heavy (non-hydrogen) atoms. The van der Waals surface area contributed by atoms with Gasteiger partial charge < -0.3 is 4.42 Å². The van der Waals surface area contributed by atoms with Crippen molar-refractivity contribution in [2.24, 2.45) is 0 Å². The van der Waals surface area contributed by atoms with Gasteiger partial charge >= 0.3 is 0 Å². The Labute approximate surface area is 319 Å². The maximum atomic E-state index is 7.00. The molecule has 4 heterocycles. The SMILES string of the molecule is c1ccc(-c2ccc(-c3nc(-n4c5ccccc5c5c6oc7cc(-c8ccccc8)c8ccccc8c7c6ccc54)nc4c3sc3ccccc34)cc2)cc1. The Hall–Kier alpha value is -7.08. The Morgan fingerprint density at radius 1 is 0.455 bits per heavy atom. The van der Waals surface area contributed by atoms with E-state index in [0.29, 0.717) is 5.95 Å². The van der Waals surface area contributed by atoms with Gasteiger partial charge in [-0.3, -0.25) is 4.57 Å². The summed E-state index contributed by atoms with van der Waals surface area (Å²) < 4.78 is 11.5. The van der Waals surface area contributed by atoms with Crippen LogP contribution in [0.3, 0.4) is 0 Å². The van der Waals surface area contributed by atoms with Crippen molar-refractivity contribution in [3.63, 3.8) is 0 Å². The second-order valence-corrected chi connectivity index (χ2v) is 15.1. The summed E-state index contributed by atoms with van der Waals surface area (Å²) in [4.78, 5) is 10.9. The maximum Gasteiger partial charge on any atom is 0.235 e. The lowest BCUT2D eigenvalue weighted by molar-refractivity contribution is 0.673. The molecule has 0 amide bonds. The van der Waals surface area contributed by atoms with Crippen LogP contribution in [0.15, 0.2) is 180 Å². The number of rotatable bonds is 4. The van der Waals surface area contributed by atoms with E-state index in [1.165, 1.54) is 32.2 Å². The molecule has 12 rings (SSSR count). The van der Waals surface area contributed by atoms with E-state index < -0.39 is 0 Å². The molecule has 0 aliphatic heterocycles. The Kier molecular flexibility index (Phi) is 6.47. The first-order valence-corrected chi connectivity index (χ1v) is 19.3. The third-order valence-corrected chi connectivity index (χ3v) is 12.2. The fraction of sp³-hybridized carbons (Fsp3) is 0. The molecule has 4 nitrogen and oxygen atoms in total. The largest absolute Gasteiger partial charge is 0.455 e. The third-order valence-electron chi connectivity index (χ3n) is 11.0. The van der Waals surface area contributed by atoms with Gasteiger partial charge in [0, 0.05) is 31.8 Å². The first-order chi connectivity index (χ1) is 27.3. The highest BCUT2D eigenvalue weighted by atomic mass is 32.1. The number of hydrogen-bond acceptors (Lipinski definition) is 4. The summed E-state index contributed by atoms with van der Waals surface area (Å²) in [5.41, 5.74) is 11.4. The van der Waals surface area contributed by atoms with Crippen LogP contribution >= 0.6 is 11.3 Å². The molecule has 4 aromatic heterocycles. The number of aromatic nitrogens is 3. The van der Waals surface area contributed by atoms with Gasteiger partial charge in [-0.05, 0) is 63.4 Å². The molecule has 0 aliphatic rings. The normalized spacial score (nSPS) is 12.0. The fourth-order valence-corrected chi connectivity index (χ4v) is 9.70. The number of thiophene rings is 1. The van der Waals surface area contributed by atoms with E-state index in [1.54, 1.807) is 11.3 Å². The van der Waals surface area contributed by atoms with E-state index >= 15 is 0 Å². The van der Waals surface area contributed by atoms with Gasteiger partial charge in [-0.2, -0.15) is 0 Å². The van der Waals surface area contributed by atoms with Gasteiger partial charge in [-0.25, -0.2) is 9.97 Å². The van der Waals surface area contributed by atoms with Gasteiger partial charge in [0.15, 0.2) is 0 Å². The van der Waals surface area contributed by atoms with Crippen LogP contribution in [-0.2, 0) is 0 Å². The smallest absolute Gasteiger partial charge is 0.235 e. The molecule has 0 radical (unpaired) electrons. The van der Waals surface area contributed by atoms with Crippen molar-refractivity contribution in [2.75, 3.05) is 0 Å². The lowest BCUT2D eigenvalue weighted by Crippen LogP contribution is -2.02. The van der Waals surface area contributed by atoms with Crippen LogP contribution in [0.2, 0.25) is 0 Å². The lowest BCUT2D eigenvalue weighted by Gasteiger charge is -2.11. The van der Waals surface area contributed by atoms with Gasteiger partial charge in [0.05, 0.1) is 32.3 Å². The van der Waals surface area contributed by atoms with Crippen LogP contribution in [0.25, 0.3) is 114 Å². The van der Waals surface area contributed by atoms with Crippen LogP contribution in [0, 0.1) is 0 Å². The molecule has 0 aliphatic carbocycles. The zero-order valence-corrected chi connectivity index (χ0v) is 30.2. The molecule has 0 saturated heterocycles. The molecule has 0 fully saturated rings. The average Bonchev–Trinajstić information content (AvgIpc) is 3.93. The number of benzene rings is 8. The molecule has 0 N–H and O–H groups in total. The first kappa shape index (κ1) is 30.4. The van der Waals surface area contributed by atoms with Crippen LogP contribution in [0.4, 0.5) is 0 Å². The molecule has 0 spiro atoms. The monoisotopic (exact) mass is 719 g/mol. The molecule has 5 heteroatoms. The highest BCUT2D eigenvalue weighted by Crippen LogP contribution is 2.45. The standard InChI is InChI=1S/C50H29N3OS/c1-3-13-30(14-4-1)31-23-25-33(26-24-31)46-49-47(37-20-10-12-22-43(37)55-49)52-50(51-46)53-40-21-11-9-19-36(40)45-41(53)28-27-38-44-35-18-8-7-17-34(35)39(29-42(44)54-48(38)45)32-15-5-2-6-16-32/h1-29H. The fourth-order valence-electron chi connectivity index (χ4n) is 8.55. The highest BCUT2D eigenvalue weighted by Gasteiger charge is 2.23. The summed E-state index contributed by atoms with van der Waals surface area (Å²) in [7, 11) is 0. The van der Waals surface area contributed by atoms with Crippen LogP contribution in [0.1, 0.15) is 0 Å². The molecule has 256 valence electrons. The Morgan fingerprint density at radius 3 is 1.89 bits per heavy atom. The Bertz CT molecular complexity index is 3470. The number of para-hydroxylation sites is 1. The van der Waals surface area contributed by atoms with Gasteiger partial charge in [0.25, 0.3) is 0 Å². The van der Waals surface area contributed by atoms with Crippen molar-refractivity contribution in [1.82, 2.24) is 14.5 Å². The summed E-state index contributed by atoms with van der Waals surface area (Å²) >= 11 is 1.75. The summed E-state index contributed by atoms with van der Waals surface area (Å²) in [6.45, 7) is 0. The van der Waals surface area contributed by atoms with E-state index in [9.17, 15) is 0 Å². The number of hydrogen-bond donors (Lipinski definition) is 0. The molecule has 8 aromatic carbocycles. The van der Waals surface area contributed by atoms with Crippen molar-refractivity contribution in [3.8, 4) is 39.5 Å². The number of nitrogens with zero attached hydrogens (tertiary/aromatic N) is 3. The topological polar surface area (TPSA) is 43.9 Å². The predicted octanol–water partition coefficient (Wildman–Crippen LogP) is 14.0. The van der Waals surface area contributed by atoms with Gasteiger partial charge in [-0.1, -0.05) is 146 Å². The summed E-state index contributed by atoms with van der Waals surface area (Å²) in [6, 6.07) is 62.3. The number of furan rings is 1. The second kappa shape index (κ2) is 11.7. The second-order valence-electron chi connectivity index (χ2n) is 14.1. The van der Waals surface area contributed by atoms with E-state index in [4.69, 9.17) is 14.4 Å². The van der Waals surface area contributed by atoms with Gasteiger partial charge in [0.1, 0.15) is 11.2 Å². The number of fused-ring (bicyclic) bond motifs is 12. The minimum Gasteiger partial charge on any atom is -0.455 e. The zero-order chi connectivity index (χ0) is 36.0. The molecular formula is C50H29N3OS. The molecule has 0 atom stereocenters. The van der Waals surface area contributed by atoms with Crippen LogP contribution < -0.4 is 0 Å². The zero-order valence-electron chi connectivity index (χ0n) is 29.4. The van der Waals surface area contributed by atoms with E-state index in [0.717, 1.165) is 76.2 Å². The molecule has 0 saturated carbocycles. The average molecular weight is 720 g/mol. The van der Waals surface area contributed by atoms with Crippen LogP contribution in [-0.4, -0.2) is 14.5 Å². The lowest BCUT2D eigenvalue weighted by atomic mass is 9.95. The molecule has 0 bridgehead atoms. The van der Waals surface area contributed by atoms with Crippen molar-refractivity contribution < 1.29 is 4.42 Å². The van der Waals surface area contributed by atoms with E-state index in [2.05, 4.69) is 180 Å². The van der Waals surface area contributed by atoms with Crippen LogP contribution in [0.5, 0.6) is 0 Å².